The van der Waals surface area contributed by atoms with E-state index in [0.717, 1.165) is 37.8 Å². The number of hydrogen-bond acceptors (Lipinski definition) is 2. The Kier molecular flexibility index (Phi) is 6.10. The van der Waals surface area contributed by atoms with Crippen LogP contribution >= 0.6 is 0 Å². The zero-order chi connectivity index (χ0) is 13.4. The van der Waals surface area contributed by atoms with Gasteiger partial charge in [-0.05, 0) is 43.9 Å². The van der Waals surface area contributed by atoms with Gasteiger partial charge in [-0.1, -0.05) is 49.8 Å². The molecule has 0 heterocycles. The van der Waals surface area contributed by atoms with Gasteiger partial charge in [0.15, 0.2) is 0 Å². The van der Waals surface area contributed by atoms with E-state index in [-0.39, 0.29) is 0 Å². The van der Waals surface area contributed by atoms with Gasteiger partial charge in [-0.25, -0.2) is 0 Å². The lowest BCUT2D eigenvalue weighted by molar-refractivity contribution is 0.102. The first-order valence-corrected chi connectivity index (χ1v) is 6.78. The maximum atomic E-state index is 10.1. The fourth-order valence-corrected chi connectivity index (χ4v) is 2.02. The van der Waals surface area contributed by atoms with E-state index in [4.69, 9.17) is 5.73 Å². The summed E-state index contributed by atoms with van der Waals surface area (Å²) in [6.07, 6.45) is 7.69. The molecule has 0 saturated carbocycles. The third kappa shape index (κ3) is 5.48. The predicted octanol–water partition coefficient (Wildman–Crippen LogP) is 3.14. The van der Waals surface area contributed by atoms with E-state index in [1.165, 1.54) is 5.56 Å². The summed E-state index contributed by atoms with van der Waals surface area (Å²) in [6.45, 7) is 4.66. The van der Waals surface area contributed by atoms with Gasteiger partial charge in [-0.15, -0.1) is 0 Å². The number of aryl methyl sites for hydroxylation is 1. The summed E-state index contributed by atoms with van der Waals surface area (Å²) in [5.41, 5.74) is 7.25. The molecule has 0 aliphatic carbocycles. The van der Waals surface area contributed by atoms with Gasteiger partial charge in [-0.3, -0.25) is 0 Å². The highest BCUT2D eigenvalue weighted by Crippen LogP contribution is 2.16. The SMILES string of the molecule is CCCC(C)(O)/C=C/c1cccc(CCCN)c1. The average Bonchev–Trinajstić information content (AvgIpc) is 2.35. The Labute approximate surface area is 111 Å². The highest BCUT2D eigenvalue weighted by Gasteiger charge is 2.13. The van der Waals surface area contributed by atoms with E-state index < -0.39 is 5.60 Å². The van der Waals surface area contributed by atoms with Crippen LogP contribution in [0.2, 0.25) is 0 Å². The second-order valence-corrected chi connectivity index (χ2v) is 5.08. The molecular weight excluding hydrogens is 222 g/mol. The highest BCUT2D eigenvalue weighted by molar-refractivity contribution is 5.51. The third-order valence-corrected chi connectivity index (χ3v) is 3.01. The van der Waals surface area contributed by atoms with Crippen molar-refractivity contribution in [2.24, 2.45) is 5.73 Å². The summed E-state index contributed by atoms with van der Waals surface area (Å²) in [7, 11) is 0. The van der Waals surface area contributed by atoms with Gasteiger partial charge in [0.05, 0.1) is 5.60 Å². The number of hydrogen-bond donors (Lipinski definition) is 2. The number of benzene rings is 1. The molecule has 0 fully saturated rings. The molecule has 0 spiro atoms. The van der Waals surface area contributed by atoms with E-state index in [1.807, 2.05) is 19.1 Å². The van der Waals surface area contributed by atoms with Crippen molar-refractivity contribution in [3.05, 3.63) is 41.5 Å². The molecule has 100 valence electrons. The molecule has 2 nitrogen and oxygen atoms in total. The largest absolute Gasteiger partial charge is 0.386 e. The topological polar surface area (TPSA) is 46.2 Å². The van der Waals surface area contributed by atoms with Crippen LogP contribution in [0.5, 0.6) is 0 Å². The van der Waals surface area contributed by atoms with E-state index in [0.29, 0.717) is 0 Å². The van der Waals surface area contributed by atoms with Gasteiger partial charge in [0, 0.05) is 0 Å². The minimum absolute atomic E-state index is 0.706. The zero-order valence-corrected chi connectivity index (χ0v) is 11.5. The maximum Gasteiger partial charge on any atom is 0.0802 e. The van der Waals surface area contributed by atoms with Crippen LogP contribution in [0.1, 0.15) is 44.2 Å². The van der Waals surface area contributed by atoms with Crippen LogP contribution in [0.4, 0.5) is 0 Å². The summed E-state index contributed by atoms with van der Waals surface area (Å²) < 4.78 is 0. The normalized spacial score (nSPS) is 14.9. The second kappa shape index (κ2) is 7.34. The smallest absolute Gasteiger partial charge is 0.0802 e. The highest BCUT2D eigenvalue weighted by atomic mass is 16.3. The van der Waals surface area contributed by atoms with Crippen LogP contribution < -0.4 is 5.73 Å². The van der Waals surface area contributed by atoms with Crippen molar-refractivity contribution < 1.29 is 5.11 Å². The molecule has 0 aliphatic heterocycles. The zero-order valence-electron chi connectivity index (χ0n) is 11.5. The molecular formula is C16H25NO. The summed E-state index contributed by atoms with van der Waals surface area (Å²) in [5.74, 6) is 0. The second-order valence-electron chi connectivity index (χ2n) is 5.08. The Hall–Kier alpha value is -1.12. The number of nitrogens with two attached hydrogens (primary N) is 1. The van der Waals surface area contributed by atoms with Crippen molar-refractivity contribution in [1.82, 2.24) is 0 Å². The lowest BCUT2D eigenvalue weighted by atomic mass is 9.98. The van der Waals surface area contributed by atoms with Crippen LogP contribution in [0.3, 0.4) is 0 Å². The maximum absolute atomic E-state index is 10.1. The van der Waals surface area contributed by atoms with Gasteiger partial charge in [0.2, 0.25) is 0 Å². The molecule has 0 aliphatic rings. The molecule has 1 unspecified atom stereocenters. The van der Waals surface area contributed by atoms with E-state index >= 15 is 0 Å². The molecule has 1 rings (SSSR count). The molecule has 0 aromatic heterocycles. The molecule has 1 atom stereocenters. The first kappa shape index (κ1) is 14.9. The quantitative estimate of drug-likeness (QED) is 0.777. The molecule has 2 heteroatoms. The molecule has 0 saturated heterocycles. The Morgan fingerprint density at radius 2 is 2.17 bits per heavy atom. The number of aliphatic hydroxyl groups is 1. The minimum atomic E-state index is -0.706. The Morgan fingerprint density at radius 1 is 1.39 bits per heavy atom. The van der Waals surface area contributed by atoms with Crippen LogP contribution in [-0.2, 0) is 6.42 Å². The molecule has 3 N–H and O–H groups in total. The van der Waals surface area contributed by atoms with Crippen LogP contribution in [0.25, 0.3) is 6.08 Å². The van der Waals surface area contributed by atoms with Crippen molar-refractivity contribution in [2.75, 3.05) is 6.54 Å². The van der Waals surface area contributed by atoms with Crippen molar-refractivity contribution in [1.29, 1.82) is 0 Å². The summed E-state index contributed by atoms with van der Waals surface area (Å²) in [6, 6.07) is 8.40. The monoisotopic (exact) mass is 247 g/mol. The lowest BCUT2D eigenvalue weighted by Crippen LogP contribution is -2.19. The van der Waals surface area contributed by atoms with Crippen molar-refractivity contribution >= 4 is 6.08 Å². The van der Waals surface area contributed by atoms with Gasteiger partial charge >= 0.3 is 0 Å². The molecule has 1 aromatic rings. The van der Waals surface area contributed by atoms with Crippen LogP contribution in [0.15, 0.2) is 30.3 Å². The average molecular weight is 247 g/mol. The minimum Gasteiger partial charge on any atom is -0.386 e. The van der Waals surface area contributed by atoms with Gasteiger partial charge < -0.3 is 10.8 Å². The van der Waals surface area contributed by atoms with Gasteiger partial charge in [0.1, 0.15) is 0 Å². The fraction of sp³-hybridized carbons (Fsp3) is 0.500. The standard InChI is InChI=1S/C16H25NO/c1-3-10-16(2,18)11-9-15-7-4-6-14(13-15)8-5-12-17/h4,6-7,9,11,13,18H,3,5,8,10,12,17H2,1-2H3/b11-9+. The van der Waals surface area contributed by atoms with Crippen molar-refractivity contribution in [3.8, 4) is 0 Å². The molecule has 1 aromatic carbocycles. The van der Waals surface area contributed by atoms with Crippen molar-refractivity contribution in [2.45, 2.75) is 45.1 Å². The lowest BCUT2D eigenvalue weighted by Gasteiger charge is -2.17. The molecule has 0 bridgehead atoms. The Morgan fingerprint density at radius 3 is 2.83 bits per heavy atom. The fourth-order valence-electron chi connectivity index (χ4n) is 2.02. The van der Waals surface area contributed by atoms with Crippen LogP contribution in [-0.4, -0.2) is 17.3 Å². The van der Waals surface area contributed by atoms with Crippen LogP contribution in [0, 0.1) is 0 Å². The van der Waals surface area contributed by atoms with E-state index in [9.17, 15) is 5.11 Å². The first-order valence-electron chi connectivity index (χ1n) is 6.78. The molecule has 0 radical (unpaired) electrons. The summed E-state index contributed by atoms with van der Waals surface area (Å²) >= 11 is 0. The molecule has 0 amide bonds. The summed E-state index contributed by atoms with van der Waals surface area (Å²) in [5, 5.41) is 10.1. The predicted molar refractivity (Wildman–Crippen MR) is 78.4 cm³/mol. The number of rotatable bonds is 7. The van der Waals surface area contributed by atoms with E-state index in [1.54, 1.807) is 0 Å². The third-order valence-electron chi connectivity index (χ3n) is 3.01. The van der Waals surface area contributed by atoms with Gasteiger partial charge in [-0.2, -0.15) is 0 Å². The van der Waals surface area contributed by atoms with E-state index in [2.05, 4.69) is 31.2 Å². The summed E-state index contributed by atoms with van der Waals surface area (Å²) in [4.78, 5) is 0. The molecule has 18 heavy (non-hydrogen) atoms. The van der Waals surface area contributed by atoms with Crippen molar-refractivity contribution in [3.63, 3.8) is 0 Å². The Balaban J connectivity index is 2.69. The Bertz CT molecular complexity index is 382. The first-order chi connectivity index (χ1) is 8.57. The van der Waals surface area contributed by atoms with Gasteiger partial charge in [0.25, 0.3) is 0 Å².